The second kappa shape index (κ2) is 13.8. The topological polar surface area (TPSA) is 131 Å². The van der Waals surface area contributed by atoms with Crippen LogP contribution in [0.3, 0.4) is 0 Å². The molecule has 37 heavy (non-hydrogen) atoms. The summed E-state index contributed by atoms with van der Waals surface area (Å²) in [6.45, 7) is 11.6. The quantitative estimate of drug-likeness (QED) is 0.325. The van der Waals surface area contributed by atoms with Crippen molar-refractivity contribution in [2.45, 2.75) is 96.4 Å². The largest absolute Gasteiger partial charge is 0.444 e. The van der Waals surface area contributed by atoms with Crippen LogP contribution in [0.5, 0.6) is 0 Å². The van der Waals surface area contributed by atoms with Crippen molar-refractivity contribution in [3.63, 3.8) is 0 Å². The van der Waals surface area contributed by atoms with E-state index < -0.39 is 35.6 Å². The number of hydrogen-bond donors (Lipinski definition) is 3. The Bertz CT molecular complexity index is 968. The summed E-state index contributed by atoms with van der Waals surface area (Å²) >= 11 is 0. The zero-order valence-electron chi connectivity index (χ0n) is 22.5. The summed E-state index contributed by atoms with van der Waals surface area (Å²) in [4.78, 5) is 53.2. The average Bonchev–Trinajstić information content (AvgIpc) is 3.66. The molecule has 4 amide bonds. The van der Waals surface area contributed by atoms with Gasteiger partial charge in [-0.05, 0) is 63.6 Å². The molecular formula is C28H42N4O5. The number of nitrogens with one attached hydrogen (secondary N) is 2. The number of hydrogen-bond acceptors (Lipinski definition) is 5. The molecule has 1 aromatic rings. The summed E-state index contributed by atoms with van der Waals surface area (Å²) < 4.78 is 5.35. The number of carbonyl (C=O) groups is 4. The van der Waals surface area contributed by atoms with Crippen LogP contribution in [0.4, 0.5) is 4.79 Å². The van der Waals surface area contributed by atoms with E-state index in [0.717, 1.165) is 37.7 Å². The maximum Gasteiger partial charge on any atom is 0.408 e. The third-order valence-electron chi connectivity index (χ3n) is 5.93. The molecule has 4 N–H and O–H groups in total. The van der Waals surface area contributed by atoms with Gasteiger partial charge in [0.25, 0.3) is 0 Å². The second-order valence-corrected chi connectivity index (χ2v) is 10.5. The molecule has 0 spiro atoms. The number of primary amides is 1. The van der Waals surface area contributed by atoms with Gasteiger partial charge in [0, 0.05) is 19.0 Å². The van der Waals surface area contributed by atoms with E-state index in [0.29, 0.717) is 12.1 Å². The van der Waals surface area contributed by atoms with E-state index in [1.165, 1.54) is 0 Å². The van der Waals surface area contributed by atoms with Crippen LogP contribution in [0.25, 0.3) is 6.08 Å². The molecule has 2 atom stereocenters. The van der Waals surface area contributed by atoms with E-state index in [1.807, 2.05) is 24.3 Å². The first kappa shape index (κ1) is 29.9. The Kier molecular flexibility index (Phi) is 11.1. The molecule has 0 heterocycles. The lowest BCUT2D eigenvalue weighted by Crippen LogP contribution is -2.54. The van der Waals surface area contributed by atoms with Gasteiger partial charge in [0.1, 0.15) is 17.7 Å². The minimum Gasteiger partial charge on any atom is -0.444 e. The molecule has 1 aliphatic carbocycles. The maximum absolute atomic E-state index is 14.0. The van der Waals surface area contributed by atoms with Crippen LogP contribution >= 0.6 is 0 Å². The van der Waals surface area contributed by atoms with Crippen LogP contribution in [0.15, 0.2) is 30.8 Å². The van der Waals surface area contributed by atoms with Crippen molar-refractivity contribution in [3.8, 4) is 0 Å². The lowest BCUT2D eigenvalue weighted by Gasteiger charge is -2.35. The molecule has 9 heteroatoms. The first-order chi connectivity index (χ1) is 17.5. The minimum atomic E-state index is -1.08. The Labute approximate surface area is 220 Å². The van der Waals surface area contributed by atoms with Crippen molar-refractivity contribution in [2.75, 3.05) is 6.54 Å². The number of ether oxygens (including phenoxy) is 1. The summed E-state index contributed by atoms with van der Waals surface area (Å²) in [7, 11) is 0. The first-order valence-electron chi connectivity index (χ1n) is 13.1. The summed E-state index contributed by atoms with van der Waals surface area (Å²) in [5.41, 5.74) is 6.05. The van der Waals surface area contributed by atoms with Crippen molar-refractivity contribution in [2.24, 2.45) is 5.73 Å². The lowest BCUT2D eigenvalue weighted by molar-refractivity contribution is -0.143. The highest BCUT2D eigenvalue weighted by Crippen LogP contribution is 2.36. The number of amides is 4. The molecule has 0 aromatic heterocycles. The standard InChI is InChI=1S/C28H42N4O5/c1-6-8-9-17-30-25(34)24(20-12-10-11-19(7-2)18-20)32(21-13-14-21)26(35)22(15-16-23(29)33)31-27(36)37-28(3,4)5/h7,10-12,18,21-22,24H,2,6,8-9,13-17H2,1,3-5H3,(H2,29,33)(H,30,34)(H,31,36). The van der Waals surface area contributed by atoms with Crippen molar-refractivity contribution >= 4 is 29.9 Å². The van der Waals surface area contributed by atoms with E-state index >= 15 is 0 Å². The fourth-order valence-corrected chi connectivity index (χ4v) is 4.02. The van der Waals surface area contributed by atoms with Crippen molar-refractivity contribution < 1.29 is 23.9 Å². The van der Waals surface area contributed by atoms with E-state index in [-0.39, 0.29) is 24.8 Å². The van der Waals surface area contributed by atoms with Crippen LogP contribution in [0.1, 0.15) is 89.8 Å². The van der Waals surface area contributed by atoms with Crippen molar-refractivity contribution in [3.05, 3.63) is 42.0 Å². The van der Waals surface area contributed by atoms with Gasteiger partial charge in [0.05, 0.1) is 0 Å². The molecular weight excluding hydrogens is 472 g/mol. The van der Waals surface area contributed by atoms with Gasteiger partial charge in [0.2, 0.25) is 17.7 Å². The highest BCUT2D eigenvalue weighted by Gasteiger charge is 2.44. The average molecular weight is 515 g/mol. The highest BCUT2D eigenvalue weighted by atomic mass is 16.6. The van der Waals surface area contributed by atoms with E-state index in [9.17, 15) is 19.2 Å². The Hall–Kier alpha value is -3.36. The molecule has 204 valence electrons. The van der Waals surface area contributed by atoms with Crippen LogP contribution in [-0.2, 0) is 19.1 Å². The normalized spacial score (nSPS) is 14.7. The fraction of sp³-hybridized carbons (Fsp3) is 0.571. The maximum atomic E-state index is 14.0. The molecule has 9 nitrogen and oxygen atoms in total. The predicted octanol–water partition coefficient (Wildman–Crippen LogP) is 3.83. The zero-order valence-corrected chi connectivity index (χ0v) is 22.5. The molecule has 1 fully saturated rings. The zero-order chi connectivity index (χ0) is 27.6. The van der Waals surface area contributed by atoms with Crippen molar-refractivity contribution in [1.82, 2.24) is 15.5 Å². The van der Waals surface area contributed by atoms with Gasteiger partial charge in [-0.3, -0.25) is 14.4 Å². The monoisotopic (exact) mass is 514 g/mol. The predicted molar refractivity (Wildman–Crippen MR) is 143 cm³/mol. The molecule has 1 aromatic carbocycles. The summed E-state index contributed by atoms with van der Waals surface area (Å²) in [6, 6.07) is 5.19. The first-order valence-corrected chi connectivity index (χ1v) is 13.1. The van der Waals surface area contributed by atoms with Crippen molar-refractivity contribution in [1.29, 1.82) is 0 Å². The van der Waals surface area contributed by atoms with E-state index in [4.69, 9.17) is 10.5 Å². The Morgan fingerprint density at radius 1 is 1.22 bits per heavy atom. The number of carbonyl (C=O) groups excluding carboxylic acids is 4. The van der Waals surface area contributed by atoms with E-state index in [1.54, 1.807) is 31.7 Å². The van der Waals surface area contributed by atoms with Crippen LogP contribution in [0.2, 0.25) is 0 Å². The number of nitrogens with zero attached hydrogens (tertiary/aromatic N) is 1. The Morgan fingerprint density at radius 2 is 1.92 bits per heavy atom. The third-order valence-corrected chi connectivity index (χ3v) is 5.93. The summed E-state index contributed by atoms with van der Waals surface area (Å²) in [6.07, 6.45) is 5.10. The summed E-state index contributed by atoms with van der Waals surface area (Å²) in [5, 5.41) is 5.60. The Balaban J connectivity index is 2.42. The van der Waals surface area contributed by atoms with Crippen LogP contribution in [0, 0.1) is 0 Å². The number of nitrogens with two attached hydrogens (primary N) is 1. The van der Waals surface area contributed by atoms with Gasteiger partial charge in [-0.15, -0.1) is 0 Å². The van der Waals surface area contributed by atoms with Gasteiger partial charge in [0.15, 0.2) is 0 Å². The molecule has 0 bridgehead atoms. The molecule has 0 saturated heterocycles. The number of rotatable bonds is 14. The Morgan fingerprint density at radius 3 is 2.49 bits per heavy atom. The smallest absolute Gasteiger partial charge is 0.408 e. The van der Waals surface area contributed by atoms with Gasteiger partial charge in [-0.1, -0.05) is 50.6 Å². The molecule has 1 saturated carbocycles. The highest BCUT2D eigenvalue weighted by molar-refractivity contribution is 5.93. The number of unbranched alkanes of at least 4 members (excludes halogenated alkanes) is 2. The molecule has 0 aliphatic heterocycles. The second-order valence-electron chi connectivity index (χ2n) is 10.5. The molecule has 1 aliphatic rings. The van der Waals surface area contributed by atoms with Gasteiger partial charge >= 0.3 is 6.09 Å². The van der Waals surface area contributed by atoms with E-state index in [2.05, 4.69) is 24.1 Å². The molecule has 2 unspecified atom stereocenters. The molecule has 2 rings (SSSR count). The van der Waals surface area contributed by atoms with Crippen LogP contribution in [-0.4, -0.2) is 52.9 Å². The van der Waals surface area contributed by atoms with Crippen LogP contribution < -0.4 is 16.4 Å². The van der Waals surface area contributed by atoms with Gasteiger partial charge < -0.3 is 26.0 Å². The fourth-order valence-electron chi connectivity index (χ4n) is 4.02. The lowest BCUT2D eigenvalue weighted by atomic mass is 9.99. The van der Waals surface area contributed by atoms with Gasteiger partial charge in [-0.25, -0.2) is 4.79 Å². The number of benzene rings is 1. The minimum absolute atomic E-state index is 0.00579. The third kappa shape index (κ3) is 9.90. The molecule has 0 radical (unpaired) electrons. The summed E-state index contributed by atoms with van der Waals surface area (Å²) in [5.74, 6) is -1.33. The van der Waals surface area contributed by atoms with Gasteiger partial charge in [-0.2, -0.15) is 0 Å². The SMILES string of the molecule is C=Cc1cccc(C(C(=O)NCCCCC)N(C(=O)C(CCC(N)=O)NC(=O)OC(C)(C)C)C2CC2)c1. The number of alkyl carbamates (subject to hydrolysis) is 1.